The monoisotopic (exact) mass is 332 g/mol. The second-order valence-corrected chi connectivity index (χ2v) is 5.67. The number of aromatic nitrogens is 2. The lowest BCUT2D eigenvalue weighted by atomic mass is 10.1. The van der Waals surface area contributed by atoms with Gasteiger partial charge in [-0.2, -0.15) is 0 Å². The molecule has 0 aliphatic carbocycles. The van der Waals surface area contributed by atoms with E-state index in [1.54, 1.807) is 29.2 Å². The highest BCUT2D eigenvalue weighted by Gasteiger charge is 2.16. The van der Waals surface area contributed by atoms with Crippen LogP contribution in [0.25, 0.3) is 0 Å². The van der Waals surface area contributed by atoms with E-state index >= 15 is 0 Å². The van der Waals surface area contributed by atoms with Gasteiger partial charge in [0.1, 0.15) is 4.88 Å². The predicted octanol–water partition coefficient (Wildman–Crippen LogP) is 2.83. The Morgan fingerprint density at radius 1 is 1.13 bits per heavy atom. The topological polar surface area (TPSA) is 75.2 Å². The maximum Gasteiger partial charge on any atom is 0.269 e. The van der Waals surface area contributed by atoms with Crippen molar-refractivity contribution in [3.05, 3.63) is 40.4 Å². The molecule has 7 heteroatoms. The summed E-state index contributed by atoms with van der Waals surface area (Å²) < 4.78 is 3.81. The maximum absolute atomic E-state index is 12.2. The summed E-state index contributed by atoms with van der Waals surface area (Å²) in [4.78, 5) is 26.7. The summed E-state index contributed by atoms with van der Waals surface area (Å²) in [7, 11) is 0. The Bertz CT molecular complexity index is 678. The average molecular weight is 332 g/mol. The molecule has 0 bridgehead atoms. The summed E-state index contributed by atoms with van der Waals surface area (Å²) in [6, 6.07) is 6.91. The molecule has 1 heterocycles. The molecule has 0 saturated carbocycles. The average Bonchev–Trinajstić information content (AvgIpc) is 3.05. The molecule has 2 aromatic rings. The molecule has 122 valence electrons. The molecular formula is C16H20N4O2S. The first-order valence-corrected chi connectivity index (χ1v) is 8.39. The van der Waals surface area contributed by atoms with E-state index in [9.17, 15) is 9.59 Å². The zero-order valence-corrected chi connectivity index (χ0v) is 14.3. The molecule has 1 aromatic heterocycles. The third-order valence-electron chi connectivity index (χ3n) is 3.54. The van der Waals surface area contributed by atoms with Crippen molar-refractivity contribution in [1.82, 2.24) is 14.5 Å². The number of carbonyl (C=O) groups is 2. The number of amides is 2. The third kappa shape index (κ3) is 3.92. The summed E-state index contributed by atoms with van der Waals surface area (Å²) in [5.41, 5.74) is 1.95. The number of aryl methyl sites for hydroxylation is 1. The van der Waals surface area contributed by atoms with E-state index in [-0.39, 0.29) is 11.8 Å². The van der Waals surface area contributed by atoms with Gasteiger partial charge in [0.2, 0.25) is 0 Å². The van der Waals surface area contributed by atoms with Crippen LogP contribution >= 0.6 is 11.5 Å². The molecule has 0 unspecified atom stereocenters. The van der Waals surface area contributed by atoms with Crippen molar-refractivity contribution >= 4 is 29.0 Å². The lowest BCUT2D eigenvalue weighted by molar-refractivity contribution is 0.0773. The van der Waals surface area contributed by atoms with Gasteiger partial charge in [0.05, 0.1) is 5.69 Å². The van der Waals surface area contributed by atoms with Gasteiger partial charge in [-0.15, -0.1) is 5.10 Å². The number of carbonyl (C=O) groups excluding carboxylic acids is 2. The molecule has 2 rings (SSSR count). The quantitative estimate of drug-likeness (QED) is 0.882. The predicted molar refractivity (Wildman–Crippen MR) is 90.9 cm³/mol. The fourth-order valence-electron chi connectivity index (χ4n) is 2.19. The highest BCUT2D eigenvalue weighted by atomic mass is 32.1. The number of anilines is 1. The van der Waals surface area contributed by atoms with E-state index in [2.05, 4.69) is 14.9 Å². The minimum atomic E-state index is -0.223. The van der Waals surface area contributed by atoms with Gasteiger partial charge in [0, 0.05) is 24.3 Å². The van der Waals surface area contributed by atoms with E-state index in [1.807, 2.05) is 20.8 Å². The van der Waals surface area contributed by atoms with E-state index in [1.165, 1.54) is 0 Å². The highest BCUT2D eigenvalue weighted by molar-refractivity contribution is 7.08. The number of nitrogens with one attached hydrogen (secondary N) is 1. The number of hydrogen-bond donors (Lipinski definition) is 1. The van der Waals surface area contributed by atoms with Gasteiger partial charge in [-0.05, 0) is 56.1 Å². The normalized spacial score (nSPS) is 10.4. The van der Waals surface area contributed by atoms with Crippen LogP contribution in [-0.2, 0) is 6.42 Å². The van der Waals surface area contributed by atoms with Crippen LogP contribution in [0.4, 0.5) is 5.69 Å². The number of rotatable bonds is 6. The fourth-order valence-corrected chi connectivity index (χ4v) is 2.84. The van der Waals surface area contributed by atoms with Crippen molar-refractivity contribution in [2.45, 2.75) is 27.2 Å². The van der Waals surface area contributed by atoms with Crippen LogP contribution in [0.3, 0.4) is 0 Å². The lowest BCUT2D eigenvalue weighted by Crippen LogP contribution is -2.30. The van der Waals surface area contributed by atoms with Crippen molar-refractivity contribution < 1.29 is 9.59 Å². The largest absolute Gasteiger partial charge is 0.339 e. The molecule has 6 nitrogen and oxygen atoms in total. The molecule has 2 amide bonds. The van der Waals surface area contributed by atoms with Crippen LogP contribution in [0, 0.1) is 0 Å². The Morgan fingerprint density at radius 2 is 1.78 bits per heavy atom. The van der Waals surface area contributed by atoms with Crippen molar-refractivity contribution in [2.75, 3.05) is 18.4 Å². The first-order valence-electron chi connectivity index (χ1n) is 7.62. The Hall–Kier alpha value is -2.28. The van der Waals surface area contributed by atoms with Crippen LogP contribution in [-0.4, -0.2) is 39.4 Å². The van der Waals surface area contributed by atoms with Crippen LogP contribution in [0.15, 0.2) is 24.3 Å². The van der Waals surface area contributed by atoms with Gasteiger partial charge in [-0.1, -0.05) is 11.4 Å². The minimum Gasteiger partial charge on any atom is -0.339 e. The van der Waals surface area contributed by atoms with Gasteiger partial charge >= 0.3 is 0 Å². The van der Waals surface area contributed by atoms with Gasteiger partial charge in [-0.25, -0.2) is 0 Å². The first-order chi connectivity index (χ1) is 11.1. The lowest BCUT2D eigenvalue weighted by Gasteiger charge is -2.18. The molecule has 0 aliphatic rings. The summed E-state index contributed by atoms with van der Waals surface area (Å²) in [5, 5.41) is 6.74. The van der Waals surface area contributed by atoms with Crippen molar-refractivity contribution in [3.63, 3.8) is 0 Å². The molecule has 0 atom stereocenters. The van der Waals surface area contributed by atoms with Crippen LogP contribution in [0.2, 0.25) is 0 Å². The molecule has 0 fully saturated rings. The summed E-state index contributed by atoms with van der Waals surface area (Å²) >= 11 is 1.09. The third-order valence-corrected chi connectivity index (χ3v) is 4.30. The Morgan fingerprint density at radius 3 is 2.35 bits per heavy atom. The Kier molecular flexibility index (Phi) is 5.81. The zero-order chi connectivity index (χ0) is 16.8. The number of nitrogens with zero attached hydrogens (tertiary/aromatic N) is 3. The van der Waals surface area contributed by atoms with Crippen molar-refractivity contribution in [2.24, 2.45) is 0 Å². The summed E-state index contributed by atoms with van der Waals surface area (Å²) in [6.45, 7) is 7.17. The van der Waals surface area contributed by atoms with Crippen LogP contribution in [0.1, 0.15) is 46.5 Å². The van der Waals surface area contributed by atoms with Crippen molar-refractivity contribution in [3.8, 4) is 0 Å². The first kappa shape index (κ1) is 17.1. The SMILES string of the molecule is CCc1nnsc1C(=O)Nc1ccc(C(=O)N(CC)CC)cc1. The number of benzene rings is 1. The Balaban J connectivity index is 2.08. The zero-order valence-electron chi connectivity index (χ0n) is 13.5. The summed E-state index contributed by atoms with van der Waals surface area (Å²) in [5.74, 6) is -0.229. The minimum absolute atomic E-state index is 0.00666. The maximum atomic E-state index is 12.2. The smallest absolute Gasteiger partial charge is 0.269 e. The van der Waals surface area contributed by atoms with Gasteiger partial charge in [-0.3, -0.25) is 9.59 Å². The van der Waals surface area contributed by atoms with E-state index < -0.39 is 0 Å². The van der Waals surface area contributed by atoms with Gasteiger partial charge in [0.25, 0.3) is 11.8 Å². The fraction of sp³-hybridized carbons (Fsp3) is 0.375. The molecule has 0 saturated heterocycles. The molecular weight excluding hydrogens is 312 g/mol. The van der Waals surface area contributed by atoms with Crippen molar-refractivity contribution in [1.29, 1.82) is 0 Å². The van der Waals surface area contributed by atoms with Gasteiger partial charge in [0.15, 0.2) is 0 Å². The second kappa shape index (κ2) is 7.82. The van der Waals surface area contributed by atoms with E-state index in [0.29, 0.717) is 41.3 Å². The molecule has 0 radical (unpaired) electrons. The highest BCUT2D eigenvalue weighted by Crippen LogP contribution is 2.16. The summed E-state index contributed by atoms with van der Waals surface area (Å²) in [6.07, 6.45) is 0.663. The molecule has 23 heavy (non-hydrogen) atoms. The second-order valence-electron chi connectivity index (χ2n) is 4.91. The molecule has 1 aromatic carbocycles. The molecule has 0 spiro atoms. The van der Waals surface area contributed by atoms with Gasteiger partial charge < -0.3 is 10.2 Å². The van der Waals surface area contributed by atoms with E-state index in [4.69, 9.17) is 0 Å². The number of hydrogen-bond acceptors (Lipinski definition) is 5. The van der Waals surface area contributed by atoms with E-state index in [0.717, 1.165) is 11.5 Å². The molecule has 1 N–H and O–H groups in total. The Labute approximate surface area is 139 Å². The standard InChI is InChI=1S/C16H20N4O2S/c1-4-13-14(23-19-18-13)15(21)17-12-9-7-11(8-10-12)16(22)20(5-2)6-3/h7-10H,4-6H2,1-3H3,(H,17,21). The van der Waals surface area contributed by atoms with Crippen LogP contribution in [0.5, 0.6) is 0 Å². The molecule has 0 aliphatic heterocycles. The van der Waals surface area contributed by atoms with Crippen LogP contribution < -0.4 is 5.32 Å².